The Bertz CT molecular complexity index is 1070. The van der Waals surface area contributed by atoms with E-state index in [2.05, 4.69) is 19.9 Å². The Hall–Kier alpha value is -3.00. The highest BCUT2D eigenvalue weighted by molar-refractivity contribution is 5.87. The molecule has 6 rings (SSSR count). The number of benzene rings is 1. The van der Waals surface area contributed by atoms with E-state index in [1.165, 1.54) is 0 Å². The van der Waals surface area contributed by atoms with Crippen molar-refractivity contribution in [1.82, 2.24) is 15.0 Å². The van der Waals surface area contributed by atoms with Crippen LogP contribution >= 0.6 is 0 Å². The van der Waals surface area contributed by atoms with Crippen molar-refractivity contribution in [2.75, 3.05) is 31.2 Å². The molecule has 30 heavy (non-hydrogen) atoms. The van der Waals surface area contributed by atoms with E-state index in [9.17, 15) is 5.11 Å². The van der Waals surface area contributed by atoms with E-state index in [1.807, 2.05) is 30.5 Å². The van der Waals surface area contributed by atoms with Gasteiger partial charge in [0.05, 0.1) is 11.5 Å². The average Bonchev–Trinajstić information content (AvgIpc) is 3.41. The number of aliphatic hydroxyl groups is 1. The molecule has 0 amide bonds. The van der Waals surface area contributed by atoms with Crippen molar-refractivity contribution in [3.05, 3.63) is 36.8 Å². The van der Waals surface area contributed by atoms with Gasteiger partial charge in [0, 0.05) is 19.3 Å². The minimum atomic E-state index is -0.510. The first-order valence-corrected chi connectivity index (χ1v) is 10.5. The molecule has 2 aromatic heterocycles. The molecule has 0 radical (unpaired) electrons. The SMILES string of the molecule is O[C@@H]1C[C@H]2CN(c3ncnc4[nH]ccc34)C[C@H]2C[C@H]1Oc1cccc2c1OCCO2. The predicted molar refractivity (Wildman–Crippen MR) is 110 cm³/mol. The molecule has 8 heteroatoms. The van der Waals surface area contributed by atoms with Gasteiger partial charge in [-0.25, -0.2) is 9.97 Å². The summed E-state index contributed by atoms with van der Waals surface area (Å²) in [4.78, 5) is 14.3. The summed E-state index contributed by atoms with van der Waals surface area (Å²) in [6.45, 7) is 2.84. The lowest BCUT2D eigenvalue weighted by Gasteiger charge is -2.35. The molecular formula is C22H24N4O4. The minimum absolute atomic E-state index is 0.263. The van der Waals surface area contributed by atoms with Crippen molar-refractivity contribution >= 4 is 16.9 Å². The number of para-hydroxylation sites is 1. The smallest absolute Gasteiger partial charge is 0.203 e. The first-order valence-electron chi connectivity index (χ1n) is 10.5. The Labute approximate surface area is 173 Å². The summed E-state index contributed by atoms with van der Waals surface area (Å²) in [5.74, 6) is 3.82. The molecule has 1 aliphatic carbocycles. The fraction of sp³-hybridized carbons (Fsp3) is 0.455. The maximum atomic E-state index is 10.8. The molecule has 0 bridgehead atoms. The second-order valence-electron chi connectivity index (χ2n) is 8.34. The molecule has 0 spiro atoms. The maximum absolute atomic E-state index is 10.8. The number of anilines is 1. The number of aromatic amines is 1. The molecule has 4 heterocycles. The number of fused-ring (bicyclic) bond motifs is 3. The number of nitrogens with one attached hydrogen (secondary N) is 1. The Balaban J connectivity index is 1.21. The second kappa shape index (κ2) is 7.05. The van der Waals surface area contributed by atoms with Gasteiger partial charge in [-0.2, -0.15) is 0 Å². The van der Waals surface area contributed by atoms with Gasteiger partial charge in [-0.1, -0.05) is 6.07 Å². The third kappa shape index (κ3) is 2.94. The van der Waals surface area contributed by atoms with Crippen molar-refractivity contribution in [3.8, 4) is 17.2 Å². The summed E-state index contributed by atoms with van der Waals surface area (Å²) in [6.07, 6.45) is 4.25. The van der Waals surface area contributed by atoms with E-state index in [0.29, 0.717) is 42.3 Å². The number of aliphatic hydroxyl groups excluding tert-OH is 1. The van der Waals surface area contributed by atoms with Crippen molar-refractivity contribution < 1.29 is 19.3 Å². The first kappa shape index (κ1) is 17.8. The standard InChI is InChI=1S/C22H24N4O4/c27-16-8-13-10-26(22-15-4-5-23-21(15)24-12-25-22)11-14(13)9-19(16)30-18-3-1-2-17-20(18)29-7-6-28-17/h1-5,12-14,16,19,27H,6-11H2,(H,23,24,25)/t13-,14+,16+,19+/m0/s1. The zero-order chi connectivity index (χ0) is 20.1. The molecule has 0 unspecified atom stereocenters. The third-order valence-electron chi connectivity index (χ3n) is 6.53. The third-order valence-corrected chi connectivity index (χ3v) is 6.53. The Morgan fingerprint density at radius 3 is 2.87 bits per heavy atom. The predicted octanol–water partition coefficient (Wildman–Crippen LogP) is 2.38. The average molecular weight is 408 g/mol. The van der Waals surface area contributed by atoms with Crippen molar-refractivity contribution in [2.45, 2.75) is 25.0 Å². The van der Waals surface area contributed by atoms with Gasteiger partial charge in [0.1, 0.15) is 37.1 Å². The highest BCUT2D eigenvalue weighted by Crippen LogP contribution is 2.43. The normalized spacial score (nSPS) is 27.8. The summed E-state index contributed by atoms with van der Waals surface area (Å²) in [5, 5.41) is 11.9. The Morgan fingerprint density at radius 2 is 1.93 bits per heavy atom. The van der Waals surface area contributed by atoms with Gasteiger partial charge in [-0.05, 0) is 42.9 Å². The van der Waals surface area contributed by atoms with Crippen LogP contribution in [-0.2, 0) is 0 Å². The van der Waals surface area contributed by atoms with E-state index in [1.54, 1.807) is 6.33 Å². The topological polar surface area (TPSA) is 92.7 Å². The van der Waals surface area contributed by atoms with E-state index in [4.69, 9.17) is 14.2 Å². The van der Waals surface area contributed by atoms with E-state index in [0.717, 1.165) is 42.8 Å². The highest BCUT2D eigenvalue weighted by Gasteiger charge is 2.43. The molecule has 2 fully saturated rings. The highest BCUT2D eigenvalue weighted by atomic mass is 16.6. The van der Waals surface area contributed by atoms with Crippen LogP contribution in [0.4, 0.5) is 5.82 Å². The lowest BCUT2D eigenvalue weighted by atomic mass is 9.78. The van der Waals surface area contributed by atoms with Crippen LogP contribution in [-0.4, -0.2) is 58.6 Å². The summed E-state index contributed by atoms with van der Waals surface area (Å²) >= 11 is 0. The fourth-order valence-electron chi connectivity index (χ4n) is 5.10. The minimum Gasteiger partial charge on any atom is -0.486 e. The molecule has 1 aromatic carbocycles. The summed E-state index contributed by atoms with van der Waals surface area (Å²) in [5.41, 5.74) is 0.854. The fourth-order valence-corrected chi connectivity index (χ4v) is 5.10. The van der Waals surface area contributed by atoms with Crippen LogP contribution in [0.1, 0.15) is 12.8 Å². The summed E-state index contributed by atoms with van der Waals surface area (Å²) < 4.78 is 17.7. The van der Waals surface area contributed by atoms with E-state index in [-0.39, 0.29) is 6.10 Å². The number of H-pyrrole nitrogens is 1. The van der Waals surface area contributed by atoms with Crippen LogP contribution in [0, 0.1) is 11.8 Å². The first-order chi connectivity index (χ1) is 14.8. The molecule has 8 nitrogen and oxygen atoms in total. The van der Waals surface area contributed by atoms with Crippen LogP contribution in [0.2, 0.25) is 0 Å². The van der Waals surface area contributed by atoms with Gasteiger partial charge in [0.2, 0.25) is 5.75 Å². The Morgan fingerprint density at radius 1 is 1.07 bits per heavy atom. The lowest BCUT2D eigenvalue weighted by Crippen LogP contribution is -2.42. The Kier molecular flexibility index (Phi) is 4.19. The monoisotopic (exact) mass is 408 g/mol. The zero-order valence-electron chi connectivity index (χ0n) is 16.5. The van der Waals surface area contributed by atoms with E-state index < -0.39 is 6.10 Å². The number of ether oxygens (including phenoxy) is 3. The van der Waals surface area contributed by atoms with Gasteiger partial charge in [0.15, 0.2) is 11.5 Å². The lowest BCUT2D eigenvalue weighted by molar-refractivity contribution is -0.0249. The second-order valence-corrected chi connectivity index (χ2v) is 8.34. The largest absolute Gasteiger partial charge is 0.486 e. The van der Waals surface area contributed by atoms with Crippen molar-refractivity contribution in [3.63, 3.8) is 0 Å². The van der Waals surface area contributed by atoms with Crippen LogP contribution in [0.3, 0.4) is 0 Å². The van der Waals surface area contributed by atoms with Gasteiger partial charge < -0.3 is 29.2 Å². The summed E-state index contributed by atoms with van der Waals surface area (Å²) in [6, 6.07) is 7.69. The molecule has 156 valence electrons. The molecule has 1 saturated heterocycles. The van der Waals surface area contributed by atoms with Gasteiger partial charge >= 0.3 is 0 Å². The number of hydrogen-bond acceptors (Lipinski definition) is 7. The van der Waals surface area contributed by atoms with Crippen LogP contribution < -0.4 is 19.1 Å². The van der Waals surface area contributed by atoms with Crippen LogP contribution in [0.5, 0.6) is 17.2 Å². The van der Waals surface area contributed by atoms with Crippen LogP contribution in [0.15, 0.2) is 36.8 Å². The molecule has 4 atom stereocenters. The molecular weight excluding hydrogens is 384 g/mol. The van der Waals surface area contributed by atoms with Crippen molar-refractivity contribution in [1.29, 1.82) is 0 Å². The number of aromatic nitrogens is 3. The number of rotatable bonds is 3. The van der Waals surface area contributed by atoms with E-state index >= 15 is 0 Å². The van der Waals surface area contributed by atoms with Gasteiger partial charge in [-0.3, -0.25) is 0 Å². The van der Waals surface area contributed by atoms with Gasteiger partial charge in [0.25, 0.3) is 0 Å². The number of nitrogens with zero attached hydrogens (tertiary/aromatic N) is 3. The summed E-state index contributed by atoms with van der Waals surface area (Å²) in [7, 11) is 0. The molecule has 2 aliphatic heterocycles. The quantitative estimate of drug-likeness (QED) is 0.687. The molecule has 2 N–H and O–H groups in total. The molecule has 1 saturated carbocycles. The molecule has 3 aliphatic rings. The van der Waals surface area contributed by atoms with Crippen molar-refractivity contribution in [2.24, 2.45) is 11.8 Å². The van der Waals surface area contributed by atoms with Crippen LogP contribution in [0.25, 0.3) is 11.0 Å². The van der Waals surface area contributed by atoms with Gasteiger partial charge in [-0.15, -0.1) is 0 Å². The zero-order valence-corrected chi connectivity index (χ0v) is 16.5. The molecule has 3 aromatic rings. The maximum Gasteiger partial charge on any atom is 0.203 e. The number of hydrogen-bond donors (Lipinski definition) is 2.